The third-order valence-electron chi connectivity index (χ3n) is 3.90. The van der Waals surface area contributed by atoms with E-state index in [0.717, 1.165) is 12.1 Å². The molecule has 1 saturated heterocycles. The lowest BCUT2D eigenvalue weighted by Crippen LogP contribution is -2.46. The molecule has 1 aliphatic heterocycles. The molecular formula is C12H24N2. The highest BCUT2D eigenvalue weighted by Crippen LogP contribution is 2.25. The fourth-order valence-electron chi connectivity index (χ4n) is 2.59. The van der Waals surface area contributed by atoms with E-state index >= 15 is 0 Å². The molecule has 2 aliphatic rings. The molecule has 2 heteroatoms. The van der Waals surface area contributed by atoms with Crippen LogP contribution in [0.3, 0.4) is 0 Å². The first-order valence-electron chi connectivity index (χ1n) is 6.37. The third kappa shape index (κ3) is 2.48. The van der Waals surface area contributed by atoms with E-state index in [4.69, 9.17) is 0 Å². The van der Waals surface area contributed by atoms with Crippen LogP contribution in [-0.4, -0.2) is 36.6 Å². The fraction of sp³-hybridized carbons (Fsp3) is 1.00. The molecule has 1 N–H and O–H groups in total. The Hall–Kier alpha value is -0.0800. The second kappa shape index (κ2) is 5.13. The molecule has 0 aromatic heterocycles. The van der Waals surface area contributed by atoms with E-state index in [-0.39, 0.29) is 0 Å². The van der Waals surface area contributed by atoms with Crippen LogP contribution >= 0.6 is 0 Å². The Labute approximate surface area is 88.1 Å². The van der Waals surface area contributed by atoms with Crippen LogP contribution in [-0.2, 0) is 0 Å². The summed E-state index contributed by atoms with van der Waals surface area (Å²) < 4.78 is 0. The first-order valence-corrected chi connectivity index (χ1v) is 6.37. The molecule has 1 heterocycles. The lowest BCUT2D eigenvalue weighted by Gasteiger charge is -2.39. The van der Waals surface area contributed by atoms with E-state index in [2.05, 4.69) is 17.1 Å². The molecule has 2 nitrogen and oxygen atoms in total. The monoisotopic (exact) mass is 196 g/mol. The summed E-state index contributed by atoms with van der Waals surface area (Å²) in [6.07, 6.45) is 8.38. The molecule has 1 atom stereocenters. The summed E-state index contributed by atoms with van der Waals surface area (Å²) in [4.78, 5) is 2.74. The van der Waals surface area contributed by atoms with Crippen molar-refractivity contribution in [2.75, 3.05) is 19.6 Å². The Morgan fingerprint density at radius 2 is 2.00 bits per heavy atom. The van der Waals surface area contributed by atoms with Gasteiger partial charge in [-0.25, -0.2) is 0 Å². The van der Waals surface area contributed by atoms with Gasteiger partial charge in [0.25, 0.3) is 0 Å². The van der Waals surface area contributed by atoms with Gasteiger partial charge in [-0.2, -0.15) is 0 Å². The lowest BCUT2D eigenvalue weighted by molar-refractivity contribution is 0.112. The minimum Gasteiger partial charge on any atom is -0.314 e. The maximum absolute atomic E-state index is 3.64. The van der Waals surface area contributed by atoms with Crippen molar-refractivity contribution in [2.45, 2.75) is 57.5 Å². The SMILES string of the molecule is CCC1CCN(C2CCC2)CCCN1. The molecule has 2 rings (SSSR count). The van der Waals surface area contributed by atoms with Gasteiger partial charge in [0.1, 0.15) is 0 Å². The van der Waals surface area contributed by atoms with E-state index in [1.54, 1.807) is 0 Å². The first-order chi connectivity index (χ1) is 6.90. The van der Waals surface area contributed by atoms with E-state index in [9.17, 15) is 0 Å². The Morgan fingerprint density at radius 3 is 2.64 bits per heavy atom. The highest BCUT2D eigenvalue weighted by Gasteiger charge is 2.25. The predicted molar refractivity (Wildman–Crippen MR) is 60.5 cm³/mol. The van der Waals surface area contributed by atoms with Crippen LogP contribution in [0.5, 0.6) is 0 Å². The van der Waals surface area contributed by atoms with Crippen LogP contribution in [0, 0.1) is 0 Å². The predicted octanol–water partition coefficient (Wildman–Crippen LogP) is 2.00. The summed E-state index contributed by atoms with van der Waals surface area (Å²) in [5.41, 5.74) is 0. The van der Waals surface area contributed by atoms with Gasteiger partial charge in [-0.1, -0.05) is 13.3 Å². The molecule has 1 saturated carbocycles. The van der Waals surface area contributed by atoms with Gasteiger partial charge in [0, 0.05) is 12.1 Å². The zero-order valence-electron chi connectivity index (χ0n) is 9.47. The summed E-state index contributed by atoms with van der Waals surface area (Å²) in [5, 5.41) is 3.64. The van der Waals surface area contributed by atoms with Crippen LogP contribution in [0.25, 0.3) is 0 Å². The van der Waals surface area contributed by atoms with E-state index < -0.39 is 0 Å². The minimum absolute atomic E-state index is 0.776. The van der Waals surface area contributed by atoms with Crippen molar-refractivity contribution >= 4 is 0 Å². The second-order valence-electron chi connectivity index (χ2n) is 4.82. The zero-order valence-corrected chi connectivity index (χ0v) is 9.47. The van der Waals surface area contributed by atoms with Crippen LogP contribution in [0.4, 0.5) is 0 Å². The quantitative estimate of drug-likeness (QED) is 0.727. The third-order valence-corrected chi connectivity index (χ3v) is 3.90. The van der Waals surface area contributed by atoms with Gasteiger partial charge in [0.15, 0.2) is 0 Å². The molecule has 1 unspecified atom stereocenters. The Bertz CT molecular complexity index is 166. The van der Waals surface area contributed by atoms with Gasteiger partial charge < -0.3 is 10.2 Å². The van der Waals surface area contributed by atoms with Crippen LogP contribution in [0.15, 0.2) is 0 Å². The maximum atomic E-state index is 3.64. The van der Waals surface area contributed by atoms with E-state index in [1.807, 2.05) is 0 Å². The largest absolute Gasteiger partial charge is 0.314 e. The van der Waals surface area contributed by atoms with Gasteiger partial charge in [0.05, 0.1) is 0 Å². The molecule has 0 spiro atoms. The zero-order chi connectivity index (χ0) is 9.80. The fourth-order valence-corrected chi connectivity index (χ4v) is 2.59. The van der Waals surface area contributed by atoms with Gasteiger partial charge in [0.2, 0.25) is 0 Å². The first kappa shape index (κ1) is 10.4. The minimum atomic E-state index is 0.776. The topological polar surface area (TPSA) is 15.3 Å². The Morgan fingerprint density at radius 1 is 1.14 bits per heavy atom. The molecule has 0 amide bonds. The van der Waals surface area contributed by atoms with E-state index in [0.29, 0.717) is 0 Å². The highest BCUT2D eigenvalue weighted by molar-refractivity contribution is 4.82. The molecule has 0 bridgehead atoms. The molecule has 82 valence electrons. The van der Waals surface area contributed by atoms with Gasteiger partial charge in [-0.15, -0.1) is 0 Å². The Kier molecular flexibility index (Phi) is 3.82. The van der Waals surface area contributed by atoms with Crippen molar-refractivity contribution in [1.29, 1.82) is 0 Å². The van der Waals surface area contributed by atoms with Crippen molar-refractivity contribution in [1.82, 2.24) is 10.2 Å². The van der Waals surface area contributed by atoms with Gasteiger partial charge in [-0.05, 0) is 51.7 Å². The van der Waals surface area contributed by atoms with Gasteiger partial charge in [-0.3, -0.25) is 0 Å². The van der Waals surface area contributed by atoms with Crippen molar-refractivity contribution in [3.05, 3.63) is 0 Å². The number of hydrogen-bond donors (Lipinski definition) is 1. The smallest absolute Gasteiger partial charge is 0.00952 e. The van der Waals surface area contributed by atoms with Crippen molar-refractivity contribution < 1.29 is 0 Å². The molecule has 1 aliphatic carbocycles. The second-order valence-corrected chi connectivity index (χ2v) is 4.82. The number of nitrogens with one attached hydrogen (secondary N) is 1. The summed E-state index contributed by atoms with van der Waals surface area (Å²) in [7, 11) is 0. The van der Waals surface area contributed by atoms with Crippen molar-refractivity contribution in [2.24, 2.45) is 0 Å². The summed E-state index contributed by atoms with van der Waals surface area (Å²) in [6, 6.07) is 1.73. The normalized spacial score (nSPS) is 31.9. The standard InChI is InChI=1S/C12H24N2/c1-2-11-7-10-14(9-4-8-13-11)12-5-3-6-12/h11-13H,2-10H2,1H3. The Balaban J connectivity index is 1.79. The van der Waals surface area contributed by atoms with Crippen LogP contribution in [0.2, 0.25) is 0 Å². The highest BCUT2D eigenvalue weighted by atomic mass is 15.2. The number of rotatable bonds is 2. The lowest BCUT2D eigenvalue weighted by atomic mass is 9.90. The summed E-state index contributed by atoms with van der Waals surface area (Å²) >= 11 is 0. The molecule has 14 heavy (non-hydrogen) atoms. The molecular weight excluding hydrogens is 172 g/mol. The van der Waals surface area contributed by atoms with E-state index in [1.165, 1.54) is 58.2 Å². The number of hydrogen-bond acceptors (Lipinski definition) is 2. The van der Waals surface area contributed by atoms with Crippen LogP contribution in [0.1, 0.15) is 45.4 Å². The average molecular weight is 196 g/mol. The maximum Gasteiger partial charge on any atom is 0.00952 e. The average Bonchev–Trinajstić information content (AvgIpc) is 2.07. The van der Waals surface area contributed by atoms with Gasteiger partial charge >= 0.3 is 0 Å². The molecule has 2 fully saturated rings. The summed E-state index contributed by atoms with van der Waals surface area (Å²) in [5.74, 6) is 0. The molecule has 0 radical (unpaired) electrons. The van der Waals surface area contributed by atoms with Crippen LogP contribution < -0.4 is 5.32 Å². The summed E-state index contributed by atoms with van der Waals surface area (Å²) in [6.45, 7) is 6.18. The molecule has 0 aromatic carbocycles. The molecule has 0 aromatic rings. The van der Waals surface area contributed by atoms with Crippen molar-refractivity contribution in [3.63, 3.8) is 0 Å². The number of nitrogens with zero attached hydrogens (tertiary/aromatic N) is 1. The van der Waals surface area contributed by atoms with Crippen molar-refractivity contribution in [3.8, 4) is 0 Å².